The van der Waals surface area contributed by atoms with E-state index in [0.717, 1.165) is 50.1 Å². The molecule has 5 unspecified atom stereocenters. The molecule has 2 saturated heterocycles. The normalized spacial score (nSPS) is 33.8. The average Bonchev–Trinajstić information content (AvgIpc) is 3.31. The molecule has 3 heterocycles. The zero-order valence-electron chi connectivity index (χ0n) is 24.7. The van der Waals surface area contributed by atoms with Gasteiger partial charge in [-0.05, 0) is 103 Å². The summed E-state index contributed by atoms with van der Waals surface area (Å²) in [5, 5.41) is 34.7. The monoisotopic (exact) mass is 575 g/mol. The van der Waals surface area contributed by atoms with Gasteiger partial charge < -0.3 is 25.4 Å². The number of rotatable bonds is 8. The SMILES string of the molecule is CC(C)(C)C#CC1=C(C2CCCC3(CC3)C2)C(N(CO)C2CCN(C(O)OC3(C)CCNC3)CC2)C(C(=O)O)S1. The van der Waals surface area contributed by atoms with Gasteiger partial charge in [-0.3, -0.25) is 14.6 Å². The minimum atomic E-state index is -0.964. The van der Waals surface area contributed by atoms with Gasteiger partial charge in [-0.1, -0.05) is 30.0 Å². The maximum absolute atomic E-state index is 12.7. The van der Waals surface area contributed by atoms with E-state index in [-0.39, 0.29) is 29.8 Å². The zero-order chi connectivity index (χ0) is 28.7. The van der Waals surface area contributed by atoms with E-state index in [0.29, 0.717) is 24.4 Å². The standard InChI is InChI=1S/C31H49N3O5S/c1-29(2,3)11-7-23-24(21-6-5-10-31(18-21)12-13-31)25(26(40-23)27(36)37)34(20-35)22-8-16-33(17-9-22)28(38)39-30(4)14-15-32-19-30/h21-22,25-26,28,32,35,38H,5-6,8-10,12-20H2,1-4H3,(H,36,37). The van der Waals surface area contributed by atoms with Crippen LogP contribution in [0.25, 0.3) is 0 Å². The van der Waals surface area contributed by atoms with Crippen LogP contribution in [-0.4, -0.2) is 93.3 Å². The number of ether oxygens (including phenoxy) is 1. The minimum absolute atomic E-state index is 0.0213. The van der Waals surface area contributed by atoms with Crippen LogP contribution in [0.4, 0.5) is 0 Å². The molecule has 1 spiro atoms. The van der Waals surface area contributed by atoms with E-state index in [1.165, 1.54) is 43.0 Å². The molecule has 8 nitrogen and oxygen atoms in total. The zero-order valence-corrected chi connectivity index (χ0v) is 25.6. The van der Waals surface area contributed by atoms with Crippen molar-refractivity contribution in [3.63, 3.8) is 0 Å². The van der Waals surface area contributed by atoms with Crippen molar-refractivity contribution in [3.05, 3.63) is 10.5 Å². The van der Waals surface area contributed by atoms with Gasteiger partial charge in [0.2, 0.25) is 6.41 Å². The second-order valence-corrected chi connectivity index (χ2v) is 15.3. The molecule has 2 saturated carbocycles. The van der Waals surface area contributed by atoms with Crippen molar-refractivity contribution in [2.45, 2.75) is 115 Å². The van der Waals surface area contributed by atoms with Gasteiger partial charge in [-0.2, -0.15) is 0 Å². The summed E-state index contributed by atoms with van der Waals surface area (Å²) in [4.78, 5) is 17.6. The minimum Gasteiger partial charge on any atom is -0.480 e. The van der Waals surface area contributed by atoms with Crippen LogP contribution in [-0.2, 0) is 9.53 Å². The quantitative estimate of drug-likeness (QED) is 0.255. The number of likely N-dealkylation sites (tertiary alicyclic amines) is 1. The number of aliphatic carboxylic acids is 1. The first kappa shape index (κ1) is 30.3. The average molecular weight is 576 g/mol. The fourth-order valence-corrected chi connectivity index (χ4v) is 8.63. The van der Waals surface area contributed by atoms with Gasteiger partial charge in [0.05, 0.1) is 23.3 Å². The molecule has 4 N–H and O–H groups in total. The maximum atomic E-state index is 12.7. The summed E-state index contributed by atoms with van der Waals surface area (Å²) in [6.07, 6.45) is 8.55. The number of hydrogen-bond acceptors (Lipinski definition) is 8. The first-order valence-corrected chi connectivity index (χ1v) is 16.1. The molecule has 0 aromatic heterocycles. The Kier molecular flexibility index (Phi) is 9.00. The van der Waals surface area contributed by atoms with Crippen LogP contribution in [0, 0.1) is 28.6 Å². The van der Waals surface area contributed by atoms with Crippen LogP contribution in [0.1, 0.15) is 85.5 Å². The molecule has 0 radical (unpaired) electrons. The summed E-state index contributed by atoms with van der Waals surface area (Å²) in [5.41, 5.74) is 1.05. The number of hydrogen-bond donors (Lipinski definition) is 4. The molecule has 5 rings (SSSR count). The number of carbonyl (C=O) groups is 1. The molecule has 5 atom stereocenters. The Morgan fingerprint density at radius 1 is 1.23 bits per heavy atom. The van der Waals surface area contributed by atoms with Crippen LogP contribution in [0.5, 0.6) is 0 Å². The Morgan fingerprint density at radius 2 is 1.95 bits per heavy atom. The molecule has 3 aliphatic heterocycles. The largest absolute Gasteiger partial charge is 0.480 e. The van der Waals surface area contributed by atoms with Crippen LogP contribution in [0.15, 0.2) is 10.5 Å². The lowest BCUT2D eigenvalue weighted by molar-refractivity contribution is -0.247. The Morgan fingerprint density at radius 3 is 2.52 bits per heavy atom. The molecule has 0 aromatic carbocycles. The highest BCUT2D eigenvalue weighted by atomic mass is 32.2. The van der Waals surface area contributed by atoms with Crippen molar-refractivity contribution in [2.75, 3.05) is 32.9 Å². The van der Waals surface area contributed by atoms with Crippen molar-refractivity contribution in [1.29, 1.82) is 0 Å². The number of thioether (sulfide) groups is 1. The summed E-state index contributed by atoms with van der Waals surface area (Å²) in [7, 11) is 0. The van der Waals surface area contributed by atoms with E-state index in [2.05, 4.69) is 37.9 Å². The highest BCUT2D eigenvalue weighted by Gasteiger charge is 2.52. The third-order valence-electron chi connectivity index (χ3n) is 9.76. The molecule has 0 amide bonds. The van der Waals surface area contributed by atoms with E-state index in [1.807, 2.05) is 16.7 Å². The van der Waals surface area contributed by atoms with Gasteiger partial charge in [-0.15, -0.1) is 0 Å². The van der Waals surface area contributed by atoms with Crippen molar-refractivity contribution in [3.8, 4) is 11.8 Å². The Hall–Kier alpha value is -1.12. The van der Waals surface area contributed by atoms with Gasteiger partial charge >= 0.3 is 5.97 Å². The van der Waals surface area contributed by atoms with Crippen LogP contribution >= 0.6 is 11.8 Å². The van der Waals surface area contributed by atoms with Gasteiger partial charge in [0, 0.05) is 31.1 Å². The summed E-state index contributed by atoms with van der Waals surface area (Å²) >= 11 is 1.40. The summed E-state index contributed by atoms with van der Waals surface area (Å²) in [6, 6.07) is -0.357. The van der Waals surface area contributed by atoms with Crippen molar-refractivity contribution < 1.29 is 24.9 Å². The maximum Gasteiger partial charge on any atom is 0.318 e. The molecule has 2 aliphatic carbocycles. The van der Waals surface area contributed by atoms with E-state index < -0.39 is 17.6 Å². The Balaban J connectivity index is 1.37. The van der Waals surface area contributed by atoms with E-state index in [4.69, 9.17) is 4.74 Å². The second-order valence-electron chi connectivity index (χ2n) is 14.1. The second kappa shape index (κ2) is 11.9. The van der Waals surface area contributed by atoms with Crippen molar-refractivity contribution >= 4 is 17.7 Å². The molecular formula is C31H49N3O5S. The highest BCUT2D eigenvalue weighted by Crippen LogP contribution is 2.60. The van der Waals surface area contributed by atoms with E-state index in [1.54, 1.807) is 0 Å². The third kappa shape index (κ3) is 6.75. The first-order chi connectivity index (χ1) is 18.9. The first-order valence-electron chi connectivity index (χ1n) is 15.3. The number of allylic oxidation sites excluding steroid dienone is 1. The number of carboxylic acids is 1. The van der Waals surface area contributed by atoms with Gasteiger partial charge in [0.1, 0.15) is 5.25 Å². The Labute approximate surface area is 244 Å². The molecule has 224 valence electrons. The van der Waals surface area contributed by atoms with E-state index >= 15 is 0 Å². The number of carboxylic acid groups (broad SMARTS) is 1. The topological polar surface area (TPSA) is 106 Å². The van der Waals surface area contributed by atoms with Gasteiger partial charge in [-0.25, -0.2) is 0 Å². The highest BCUT2D eigenvalue weighted by molar-refractivity contribution is 8.05. The van der Waals surface area contributed by atoms with E-state index in [9.17, 15) is 20.1 Å². The molecule has 5 aliphatic rings. The fraction of sp³-hybridized carbons (Fsp3) is 0.839. The molecule has 0 aromatic rings. The van der Waals surface area contributed by atoms with Crippen LogP contribution in [0.2, 0.25) is 0 Å². The van der Waals surface area contributed by atoms with Crippen molar-refractivity contribution in [2.24, 2.45) is 16.7 Å². The number of piperidine rings is 1. The van der Waals surface area contributed by atoms with Gasteiger partial charge in [0.25, 0.3) is 0 Å². The van der Waals surface area contributed by atoms with Crippen LogP contribution in [0.3, 0.4) is 0 Å². The lowest BCUT2D eigenvalue weighted by Crippen LogP contribution is -2.56. The fourth-order valence-electron chi connectivity index (χ4n) is 7.31. The number of aliphatic hydroxyl groups excluding tert-OH is 2. The molecule has 0 bridgehead atoms. The third-order valence-corrected chi connectivity index (χ3v) is 11.1. The predicted molar refractivity (Wildman–Crippen MR) is 157 cm³/mol. The van der Waals surface area contributed by atoms with Gasteiger partial charge in [0.15, 0.2) is 0 Å². The molecule has 40 heavy (non-hydrogen) atoms. The van der Waals surface area contributed by atoms with Crippen molar-refractivity contribution in [1.82, 2.24) is 15.1 Å². The lowest BCUT2D eigenvalue weighted by atomic mass is 9.73. The summed E-state index contributed by atoms with van der Waals surface area (Å²) in [5.74, 6) is 6.29. The Bertz CT molecular complexity index is 1030. The van der Waals surface area contributed by atoms with Crippen LogP contribution < -0.4 is 5.32 Å². The molecule has 9 heteroatoms. The lowest BCUT2D eigenvalue weighted by Gasteiger charge is -2.45. The molecule has 4 fully saturated rings. The summed E-state index contributed by atoms with van der Waals surface area (Å²) in [6.45, 7) is 11.0. The number of aliphatic hydroxyl groups is 2. The summed E-state index contributed by atoms with van der Waals surface area (Å²) < 4.78 is 6.05. The molecular weight excluding hydrogens is 526 g/mol. The number of nitrogens with zero attached hydrogens (tertiary/aromatic N) is 2. The number of nitrogens with one attached hydrogen (secondary N) is 1. The smallest absolute Gasteiger partial charge is 0.318 e. The predicted octanol–water partition coefficient (Wildman–Crippen LogP) is 3.59.